The van der Waals surface area contributed by atoms with E-state index in [-0.39, 0.29) is 5.56 Å². The van der Waals surface area contributed by atoms with Gasteiger partial charge in [-0.25, -0.2) is 4.98 Å². The fourth-order valence-corrected chi connectivity index (χ4v) is 2.70. The van der Waals surface area contributed by atoms with E-state index in [4.69, 9.17) is 0 Å². The van der Waals surface area contributed by atoms with Crippen molar-refractivity contribution in [1.82, 2.24) is 9.97 Å². The standard InChI is InChI=1S/C12H11Br2N3O/c1-6-3-8(13)4-7(2)10(6)17-11-9(14)12(18)16-5-15-11/h3-5H,1-2H3,(H2,15,16,17,18). The van der Waals surface area contributed by atoms with Crippen LogP contribution in [0.4, 0.5) is 11.5 Å². The number of aromatic nitrogens is 2. The molecule has 1 aromatic heterocycles. The maximum absolute atomic E-state index is 11.5. The molecule has 6 heteroatoms. The van der Waals surface area contributed by atoms with Gasteiger partial charge in [0.1, 0.15) is 4.47 Å². The molecule has 94 valence electrons. The molecule has 0 fully saturated rings. The quantitative estimate of drug-likeness (QED) is 0.845. The molecular weight excluding hydrogens is 362 g/mol. The molecule has 0 aliphatic carbocycles. The van der Waals surface area contributed by atoms with Crippen molar-refractivity contribution in [1.29, 1.82) is 0 Å². The molecular formula is C12H11Br2N3O. The number of anilines is 2. The van der Waals surface area contributed by atoms with E-state index < -0.39 is 0 Å². The monoisotopic (exact) mass is 371 g/mol. The van der Waals surface area contributed by atoms with Crippen molar-refractivity contribution >= 4 is 43.4 Å². The van der Waals surface area contributed by atoms with Crippen molar-refractivity contribution < 1.29 is 0 Å². The lowest BCUT2D eigenvalue weighted by molar-refractivity contribution is 1.10. The Kier molecular flexibility index (Phi) is 3.87. The van der Waals surface area contributed by atoms with Gasteiger partial charge in [-0.2, -0.15) is 0 Å². The van der Waals surface area contributed by atoms with E-state index in [2.05, 4.69) is 47.1 Å². The zero-order valence-corrected chi connectivity index (χ0v) is 13.0. The van der Waals surface area contributed by atoms with E-state index >= 15 is 0 Å². The summed E-state index contributed by atoms with van der Waals surface area (Å²) in [7, 11) is 0. The second-order valence-electron chi connectivity index (χ2n) is 3.93. The summed E-state index contributed by atoms with van der Waals surface area (Å²) in [6, 6.07) is 4.02. The molecule has 0 atom stereocenters. The van der Waals surface area contributed by atoms with Crippen molar-refractivity contribution in [2.24, 2.45) is 0 Å². The Labute approximate surface area is 121 Å². The average molecular weight is 373 g/mol. The van der Waals surface area contributed by atoms with Gasteiger partial charge in [-0.1, -0.05) is 15.9 Å². The molecule has 0 spiro atoms. The number of H-pyrrole nitrogens is 1. The molecule has 1 aromatic carbocycles. The molecule has 0 unspecified atom stereocenters. The van der Waals surface area contributed by atoms with Crippen LogP contribution in [0.15, 0.2) is 32.2 Å². The molecule has 0 aliphatic heterocycles. The van der Waals surface area contributed by atoms with Crippen LogP contribution in [0.3, 0.4) is 0 Å². The average Bonchev–Trinajstić information content (AvgIpc) is 2.28. The summed E-state index contributed by atoms with van der Waals surface area (Å²) >= 11 is 6.67. The van der Waals surface area contributed by atoms with E-state index in [1.54, 1.807) is 0 Å². The molecule has 1 heterocycles. The zero-order valence-electron chi connectivity index (χ0n) is 9.84. The van der Waals surface area contributed by atoms with Gasteiger partial charge >= 0.3 is 0 Å². The van der Waals surface area contributed by atoms with Crippen molar-refractivity contribution in [3.05, 3.63) is 48.9 Å². The number of benzene rings is 1. The number of hydrogen-bond acceptors (Lipinski definition) is 3. The highest BCUT2D eigenvalue weighted by atomic mass is 79.9. The van der Waals surface area contributed by atoms with Gasteiger partial charge < -0.3 is 10.3 Å². The highest BCUT2D eigenvalue weighted by molar-refractivity contribution is 9.10. The van der Waals surface area contributed by atoms with Crippen LogP contribution >= 0.6 is 31.9 Å². The summed E-state index contributed by atoms with van der Waals surface area (Å²) in [6.07, 6.45) is 1.37. The van der Waals surface area contributed by atoms with Gasteiger partial charge in [0.2, 0.25) is 0 Å². The van der Waals surface area contributed by atoms with Crippen LogP contribution in [0.5, 0.6) is 0 Å². The Bertz CT molecular complexity index is 629. The van der Waals surface area contributed by atoms with Gasteiger partial charge in [-0.05, 0) is 53.0 Å². The molecule has 0 saturated heterocycles. The van der Waals surface area contributed by atoms with E-state index in [1.165, 1.54) is 6.33 Å². The normalized spacial score (nSPS) is 10.4. The third-order valence-electron chi connectivity index (χ3n) is 2.54. The van der Waals surface area contributed by atoms with E-state index in [0.29, 0.717) is 10.3 Å². The molecule has 2 rings (SSSR count). The van der Waals surface area contributed by atoms with Gasteiger partial charge in [0.15, 0.2) is 5.82 Å². The molecule has 2 aromatic rings. The SMILES string of the molecule is Cc1cc(Br)cc(C)c1Nc1nc[nH]c(=O)c1Br. The van der Waals surface area contributed by atoms with Crippen LogP contribution in [0, 0.1) is 13.8 Å². The van der Waals surface area contributed by atoms with Gasteiger partial charge in [0.25, 0.3) is 5.56 Å². The summed E-state index contributed by atoms with van der Waals surface area (Å²) in [6.45, 7) is 4.00. The van der Waals surface area contributed by atoms with E-state index in [1.807, 2.05) is 26.0 Å². The highest BCUT2D eigenvalue weighted by Gasteiger charge is 2.09. The maximum Gasteiger partial charge on any atom is 0.267 e. The first-order valence-electron chi connectivity index (χ1n) is 5.26. The molecule has 0 bridgehead atoms. The maximum atomic E-state index is 11.5. The van der Waals surface area contributed by atoms with Gasteiger partial charge in [-0.15, -0.1) is 0 Å². The molecule has 0 radical (unpaired) electrons. The number of nitrogens with one attached hydrogen (secondary N) is 2. The summed E-state index contributed by atoms with van der Waals surface area (Å²) in [4.78, 5) is 18.1. The predicted molar refractivity (Wildman–Crippen MR) is 79.5 cm³/mol. The molecule has 4 nitrogen and oxygen atoms in total. The minimum absolute atomic E-state index is 0.208. The van der Waals surface area contributed by atoms with Gasteiger partial charge in [-0.3, -0.25) is 4.79 Å². The Balaban J connectivity index is 2.47. The summed E-state index contributed by atoms with van der Waals surface area (Å²) in [5, 5.41) is 3.18. The first-order valence-corrected chi connectivity index (χ1v) is 6.84. The lowest BCUT2D eigenvalue weighted by Gasteiger charge is -2.13. The Morgan fingerprint density at radius 1 is 1.22 bits per heavy atom. The highest BCUT2D eigenvalue weighted by Crippen LogP contribution is 2.28. The largest absolute Gasteiger partial charge is 0.339 e. The minimum atomic E-state index is -0.208. The topological polar surface area (TPSA) is 57.8 Å². The summed E-state index contributed by atoms with van der Waals surface area (Å²) < 4.78 is 1.42. The lowest BCUT2D eigenvalue weighted by Crippen LogP contribution is -2.10. The van der Waals surface area contributed by atoms with Crippen LogP contribution < -0.4 is 10.9 Å². The zero-order chi connectivity index (χ0) is 13.3. The molecule has 0 saturated carbocycles. The Morgan fingerprint density at radius 2 is 1.83 bits per heavy atom. The number of aryl methyl sites for hydroxylation is 2. The number of rotatable bonds is 2. The molecule has 2 N–H and O–H groups in total. The van der Waals surface area contributed by atoms with E-state index in [9.17, 15) is 4.79 Å². The van der Waals surface area contributed by atoms with Crippen molar-refractivity contribution in [2.45, 2.75) is 13.8 Å². The Morgan fingerprint density at radius 3 is 2.44 bits per heavy atom. The van der Waals surface area contributed by atoms with Crippen LogP contribution in [0.25, 0.3) is 0 Å². The molecule has 0 amide bonds. The second kappa shape index (κ2) is 5.24. The number of aromatic amines is 1. The van der Waals surface area contributed by atoms with Gasteiger partial charge in [0.05, 0.1) is 6.33 Å². The van der Waals surface area contributed by atoms with E-state index in [0.717, 1.165) is 21.3 Å². The smallest absolute Gasteiger partial charge is 0.267 e. The van der Waals surface area contributed by atoms with Crippen LogP contribution in [-0.2, 0) is 0 Å². The molecule has 18 heavy (non-hydrogen) atoms. The lowest BCUT2D eigenvalue weighted by atomic mass is 10.1. The number of hydrogen-bond donors (Lipinski definition) is 2. The van der Waals surface area contributed by atoms with Crippen molar-refractivity contribution in [3.63, 3.8) is 0 Å². The molecule has 0 aliphatic rings. The second-order valence-corrected chi connectivity index (χ2v) is 5.64. The van der Waals surface area contributed by atoms with Crippen LogP contribution in [0.2, 0.25) is 0 Å². The third-order valence-corrected chi connectivity index (χ3v) is 3.73. The fourth-order valence-electron chi connectivity index (χ4n) is 1.70. The fraction of sp³-hybridized carbons (Fsp3) is 0.167. The minimum Gasteiger partial charge on any atom is -0.339 e. The third kappa shape index (κ3) is 2.64. The number of halogens is 2. The van der Waals surface area contributed by atoms with Gasteiger partial charge in [0, 0.05) is 10.2 Å². The van der Waals surface area contributed by atoms with Crippen molar-refractivity contribution in [3.8, 4) is 0 Å². The van der Waals surface area contributed by atoms with Crippen LogP contribution in [0.1, 0.15) is 11.1 Å². The number of nitrogens with zero attached hydrogens (tertiary/aromatic N) is 1. The first-order chi connectivity index (χ1) is 8.49. The first kappa shape index (κ1) is 13.3. The predicted octanol–water partition coefficient (Wildman–Crippen LogP) is 3.66. The van der Waals surface area contributed by atoms with Crippen LogP contribution in [-0.4, -0.2) is 9.97 Å². The van der Waals surface area contributed by atoms with Crippen molar-refractivity contribution in [2.75, 3.05) is 5.32 Å². The summed E-state index contributed by atoms with van der Waals surface area (Å²) in [5.41, 5.74) is 2.91. The Hall–Kier alpha value is -1.14. The summed E-state index contributed by atoms with van der Waals surface area (Å²) in [5.74, 6) is 0.507.